The molecule has 2 heterocycles. The van der Waals surface area contributed by atoms with Crippen LogP contribution >= 0.6 is 0 Å². The van der Waals surface area contributed by atoms with Gasteiger partial charge in [-0.05, 0) is 61.5 Å². The van der Waals surface area contributed by atoms with E-state index in [4.69, 9.17) is 0 Å². The summed E-state index contributed by atoms with van der Waals surface area (Å²) in [4.78, 5) is 28.9. The molecule has 32 heavy (non-hydrogen) atoms. The molecule has 0 saturated heterocycles. The molecule has 2 aromatic heterocycles. The Hall–Kier alpha value is -4.53. The zero-order valence-electron chi connectivity index (χ0n) is 17.0. The molecule has 0 radical (unpaired) electrons. The maximum absolute atomic E-state index is 13.0. The van der Waals surface area contributed by atoms with Crippen LogP contribution in [0.4, 0.5) is 26.2 Å². The van der Waals surface area contributed by atoms with Gasteiger partial charge in [-0.15, -0.1) is 0 Å². The second-order valence-electron chi connectivity index (χ2n) is 6.95. The number of nitrogens with one attached hydrogen (secondary N) is 3. The van der Waals surface area contributed by atoms with Crippen molar-refractivity contribution >= 4 is 29.0 Å². The lowest BCUT2D eigenvalue weighted by molar-refractivity contribution is 0.102. The maximum Gasteiger partial charge on any atom is 0.323 e. The van der Waals surface area contributed by atoms with Crippen LogP contribution < -0.4 is 16.0 Å². The molecule has 3 N–H and O–H groups in total. The number of rotatable bonds is 5. The first-order valence-electron chi connectivity index (χ1n) is 9.69. The number of halogens is 1. The molecule has 0 bridgehead atoms. The average molecular weight is 430 g/mol. The molecule has 160 valence electrons. The van der Waals surface area contributed by atoms with E-state index in [2.05, 4.69) is 26.0 Å². The van der Waals surface area contributed by atoms with Crippen LogP contribution in [0.15, 0.2) is 79.3 Å². The van der Waals surface area contributed by atoms with Crippen molar-refractivity contribution in [2.75, 3.05) is 16.0 Å². The zero-order chi connectivity index (χ0) is 22.5. The quantitative estimate of drug-likeness (QED) is 0.430. The molecule has 0 saturated carbocycles. The molecule has 4 rings (SSSR count). The zero-order valence-corrected chi connectivity index (χ0v) is 17.0. The van der Waals surface area contributed by atoms with Gasteiger partial charge >= 0.3 is 6.03 Å². The Morgan fingerprint density at radius 3 is 2.47 bits per heavy atom. The molecule has 3 amide bonds. The molecule has 2 aromatic carbocycles. The summed E-state index contributed by atoms with van der Waals surface area (Å²) in [5.41, 5.74) is 3.47. The SMILES string of the molecule is Cc1cc(NC(=O)c2cccc(-n3cc(NC(=O)Nc4ccc(F)cc4)cn3)c2)ccn1. The van der Waals surface area contributed by atoms with Crippen LogP contribution in [0, 0.1) is 12.7 Å². The second kappa shape index (κ2) is 9.09. The predicted octanol–water partition coefficient (Wildman–Crippen LogP) is 4.61. The molecule has 0 aliphatic rings. The number of aryl methyl sites for hydroxylation is 1. The lowest BCUT2D eigenvalue weighted by Crippen LogP contribution is -2.19. The third kappa shape index (κ3) is 5.14. The normalized spacial score (nSPS) is 10.4. The Morgan fingerprint density at radius 1 is 0.906 bits per heavy atom. The van der Waals surface area contributed by atoms with Gasteiger partial charge in [0.1, 0.15) is 5.82 Å². The van der Waals surface area contributed by atoms with Gasteiger partial charge in [0.2, 0.25) is 0 Å². The number of pyridine rings is 1. The maximum atomic E-state index is 13.0. The van der Waals surface area contributed by atoms with Crippen LogP contribution in [0.25, 0.3) is 5.69 Å². The first-order valence-corrected chi connectivity index (χ1v) is 9.69. The highest BCUT2D eigenvalue weighted by Gasteiger charge is 2.10. The number of aromatic nitrogens is 3. The van der Waals surface area contributed by atoms with Gasteiger partial charge in [-0.3, -0.25) is 9.78 Å². The van der Waals surface area contributed by atoms with Crippen molar-refractivity contribution < 1.29 is 14.0 Å². The van der Waals surface area contributed by atoms with Crippen molar-refractivity contribution in [3.8, 4) is 5.69 Å². The van der Waals surface area contributed by atoms with E-state index in [1.807, 2.05) is 6.92 Å². The largest absolute Gasteiger partial charge is 0.323 e. The third-order valence-electron chi connectivity index (χ3n) is 4.47. The van der Waals surface area contributed by atoms with E-state index in [1.165, 1.54) is 30.5 Å². The first kappa shape index (κ1) is 20.7. The van der Waals surface area contributed by atoms with Crippen molar-refractivity contribution in [1.29, 1.82) is 0 Å². The molecular formula is C23H19FN6O2. The fraction of sp³-hybridized carbons (Fsp3) is 0.0435. The number of carbonyl (C=O) groups is 2. The highest BCUT2D eigenvalue weighted by molar-refractivity contribution is 6.04. The molecule has 0 spiro atoms. The van der Waals surface area contributed by atoms with Gasteiger partial charge < -0.3 is 16.0 Å². The van der Waals surface area contributed by atoms with Crippen LogP contribution in [0.2, 0.25) is 0 Å². The summed E-state index contributed by atoms with van der Waals surface area (Å²) < 4.78 is 14.5. The summed E-state index contributed by atoms with van der Waals surface area (Å²) in [5, 5.41) is 12.3. The Labute approximate surface area is 183 Å². The standard InChI is InChI=1S/C23H19FN6O2/c1-15-11-19(9-10-25-15)27-22(31)16-3-2-4-21(12-16)30-14-20(13-26-30)29-23(32)28-18-7-5-17(24)6-8-18/h2-14H,1H3,(H,25,27,31)(H2,28,29,32). The Kier molecular flexibility index (Phi) is 5.89. The van der Waals surface area contributed by atoms with Crippen molar-refractivity contribution in [3.63, 3.8) is 0 Å². The average Bonchev–Trinajstić information content (AvgIpc) is 3.24. The van der Waals surface area contributed by atoms with E-state index in [1.54, 1.807) is 53.5 Å². The van der Waals surface area contributed by atoms with E-state index in [0.29, 0.717) is 28.3 Å². The minimum absolute atomic E-state index is 0.262. The van der Waals surface area contributed by atoms with Crippen molar-refractivity contribution in [3.05, 3.63) is 96.3 Å². The van der Waals surface area contributed by atoms with Gasteiger partial charge in [0.05, 0.1) is 23.8 Å². The molecule has 0 atom stereocenters. The number of anilines is 3. The van der Waals surface area contributed by atoms with Crippen LogP contribution in [0.5, 0.6) is 0 Å². The number of urea groups is 1. The molecule has 0 unspecified atom stereocenters. The summed E-state index contributed by atoms with van der Waals surface area (Å²) in [6.45, 7) is 1.85. The number of hydrogen-bond donors (Lipinski definition) is 3. The molecule has 0 aliphatic heterocycles. The van der Waals surface area contributed by atoms with Crippen molar-refractivity contribution in [2.24, 2.45) is 0 Å². The van der Waals surface area contributed by atoms with Gasteiger partial charge in [0.15, 0.2) is 0 Å². The van der Waals surface area contributed by atoms with Crippen LogP contribution in [-0.4, -0.2) is 26.7 Å². The van der Waals surface area contributed by atoms with E-state index < -0.39 is 6.03 Å². The fourth-order valence-electron chi connectivity index (χ4n) is 2.97. The van der Waals surface area contributed by atoms with Gasteiger partial charge in [-0.1, -0.05) is 6.07 Å². The van der Waals surface area contributed by atoms with Crippen LogP contribution in [0.3, 0.4) is 0 Å². The van der Waals surface area contributed by atoms with Gasteiger partial charge in [0.25, 0.3) is 5.91 Å². The topological polar surface area (TPSA) is 101 Å². The van der Waals surface area contributed by atoms with Crippen LogP contribution in [-0.2, 0) is 0 Å². The minimum Gasteiger partial charge on any atom is -0.322 e. The highest BCUT2D eigenvalue weighted by Crippen LogP contribution is 2.16. The summed E-state index contributed by atoms with van der Waals surface area (Å²) in [6.07, 6.45) is 4.73. The van der Waals surface area contributed by atoms with E-state index in [0.717, 1.165) is 5.69 Å². The molecule has 8 nitrogen and oxygen atoms in total. The number of benzene rings is 2. The Morgan fingerprint density at radius 2 is 1.69 bits per heavy atom. The highest BCUT2D eigenvalue weighted by atomic mass is 19.1. The summed E-state index contributed by atoms with van der Waals surface area (Å²) in [7, 11) is 0. The first-order chi connectivity index (χ1) is 15.5. The van der Waals surface area contributed by atoms with Crippen LogP contribution in [0.1, 0.15) is 16.1 Å². The molecule has 4 aromatic rings. The smallest absolute Gasteiger partial charge is 0.322 e. The van der Waals surface area contributed by atoms with Crippen molar-refractivity contribution in [2.45, 2.75) is 6.92 Å². The Balaban J connectivity index is 1.43. The van der Waals surface area contributed by atoms with Crippen molar-refractivity contribution in [1.82, 2.24) is 14.8 Å². The lowest BCUT2D eigenvalue weighted by atomic mass is 10.2. The van der Waals surface area contributed by atoms with E-state index >= 15 is 0 Å². The lowest BCUT2D eigenvalue weighted by Gasteiger charge is -2.08. The predicted molar refractivity (Wildman–Crippen MR) is 120 cm³/mol. The third-order valence-corrected chi connectivity index (χ3v) is 4.47. The minimum atomic E-state index is -0.489. The monoisotopic (exact) mass is 430 g/mol. The summed E-state index contributed by atoms with van der Waals surface area (Å²) in [5.74, 6) is -0.648. The number of nitrogens with zero attached hydrogens (tertiary/aromatic N) is 3. The summed E-state index contributed by atoms with van der Waals surface area (Å²) >= 11 is 0. The van der Waals surface area contributed by atoms with Gasteiger partial charge in [-0.25, -0.2) is 13.9 Å². The second-order valence-corrected chi connectivity index (χ2v) is 6.95. The Bertz CT molecular complexity index is 1270. The van der Waals surface area contributed by atoms with E-state index in [9.17, 15) is 14.0 Å². The molecule has 9 heteroatoms. The molecular weight excluding hydrogens is 411 g/mol. The van der Waals surface area contributed by atoms with E-state index in [-0.39, 0.29) is 11.7 Å². The summed E-state index contributed by atoms with van der Waals surface area (Å²) in [6, 6.07) is 15.4. The number of carbonyl (C=O) groups excluding carboxylic acids is 2. The molecule has 0 fully saturated rings. The van der Waals surface area contributed by atoms with Gasteiger partial charge in [0, 0.05) is 28.8 Å². The molecule has 0 aliphatic carbocycles. The van der Waals surface area contributed by atoms with Gasteiger partial charge in [-0.2, -0.15) is 5.10 Å². The number of amides is 3. The number of hydrogen-bond acceptors (Lipinski definition) is 4. The fourth-order valence-corrected chi connectivity index (χ4v) is 2.97.